The van der Waals surface area contributed by atoms with Crippen molar-refractivity contribution in [2.45, 2.75) is 31.7 Å². The van der Waals surface area contributed by atoms with Crippen molar-refractivity contribution in [2.75, 3.05) is 13.7 Å². The Balaban J connectivity index is 1.99. The lowest BCUT2D eigenvalue weighted by Crippen LogP contribution is -2.37. The van der Waals surface area contributed by atoms with Gasteiger partial charge in [0.1, 0.15) is 11.9 Å². The summed E-state index contributed by atoms with van der Waals surface area (Å²) in [6.07, 6.45) is 2.55. The van der Waals surface area contributed by atoms with Crippen LogP contribution in [0.2, 0.25) is 0 Å². The van der Waals surface area contributed by atoms with Gasteiger partial charge in [0.25, 0.3) is 0 Å². The SMILES string of the molecule is COC(Oc1ccc(C(=O)O)cc1)C1CCCCO1. The van der Waals surface area contributed by atoms with E-state index in [0.717, 1.165) is 25.9 Å². The summed E-state index contributed by atoms with van der Waals surface area (Å²) in [5.74, 6) is -0.378. The molecule has 1 fully saturated rings. The van der Waals surface area contributed by atoms with Crippen LogP contribution in [0.5, 0.6) is 5.75 Å². The molecular formula is C14H18O5. The first-order valence-electron chi connectivity index (χ1n) is 6.35. The van der Waals surface area contributed by atoms with Crippen LogP contribution in [0, 0.1) is 0 Å². The van der Waals surface area contributed by atoms with Gasteiger partial charge in [-0.05, 0) is 43.5 Å². The van der Waals surface area contributed by atoms with Crippen LogP contribution in [-0.4, -0.2) is 37.2 Å². The van der Waals surface area contributed by atoms with E-state index in [-0.39, 0.29) is 11.7 Å². The normalized spacial score (nSPS) is 20.8. The molecule has 0 spiro atoms. The van der Waals surface area contributed by atoms with Gasteiger partial charge in [-0.3, -0.25) is 0 Å². The fraction of sp³-hybridized carbons (Fsp3) is 0.500. The number of rotatable bonds is 5. The number of benzene rings is 1. The molecule has 0 bridgehead atoms. The monoisotopic (exact) mass is 266 g/mol. The van der Waals surface area contributed by atoms with Crippen LogP contribution in [0.15, 0.2) is 24.3 Å². The van der Waals surface area contributed by atoms with Gasteiger partial charge in [0, 0.05) is 13.7 Å². The molecular weight excluding hydrogens is 248 g/mol. The van der Waals surface area contributed by atoms with Crippen LogP contribution >= 0.6 is 0 Å². The second-order valence-electron chi connectivity index (χ2n) is 4.46. The van der Waals surface area contributed by atoms with E-state index in [4.69, 9.17) is 19.3 Å². The van der Waals surface area contributed by atoms with E-state index in [1.165, 1.54) is 12.1 Å². The van der Waals surface area contributed by atoms with Crippen LogP contribution in [0.1, 0.15) is 29.6 Å². The van der Waals surface area contributed by atoms with Crippen molar-refractivity contribution in [1.82, 2.24) is 0 Å². The van der Waals surface area contributed by atoms with Crippen molar-refractivity contribution < 1.29 is 24.1 Å². The first kappa shape index (κ1) is 13.8. The summed E-state index contributed by atoms with van der Waals surface area (Å²) in [5, 5.41) is 8.82. The maximum Gasteiger partial charge on any atom is 0.335 e. The molecule has 19 heavy (non-hydrogen) atoms. The summed E-state index contributed by atoms with van der Waals surface area (Å²) in [7, 11) is 1.58. The van der Waals surface area contributed by atoms with Crippen molar-refractivity contribution in [3.05, 3.63) is 29.8 Å². The minimum absolute atomic E-state index is 0.0714. The molecule has 1 aromatic carbocycles. The van der Waals surface area contributed by atoms with Crippen LogP contribution in [0.3, 0.4) is 0 Å². The molecule has 1 N–H and O–H groups in total. The van der Waals surface area contributed by atoms with Crippen molar-refractivity contribution in [1.29, 1.82) is 0 Å². The summed E-state index contributed by atoms with van der Waals surface area (Å²) in [4.78, 5) is 10.8. The summed E-state index contributed by atoms with van der Waals surface area (Å²) in [6, 6.07) is 6.26. The highest BCUT2D eigenvalue weighted by molar-refractivity contribution is 5.87. The van der Waals surface area contributed by atoms with Gasteiger partial charge in [0.05, 0.1) is 5.56 Å². The second-order valence-corrected chi connectivity index (χ2v) is 4.46. The van der Waals surface area contributed by atoms with Gasteiger partial charge in [0.15, 0.2) is 0 Å². The molecule has 0 aromatic heterocycles. The van der Waals surface area contributed by atoms with E-state index in [1.54, 1.807) is 19.2 Å². The van der Waals surface area contributed by atoms with Crippen molar-refractivity contribution in [3.8, 4) is 5.75 Å². The maximum atomic E-state index is 10.8. The Bertz CT molecular complexity index is 408. The molecule has 5 heteroatoms. The van der Waals surface area contributed by atoms with Crippen molar-refractivity contribution >= 4 is 5.97 Å². The number of ether oxygens (including phenoxy) is 3. The molecule has 2 rings (SSSR count). The minimum Gasteiger partial charge on any atom is -0.478 e. The largest absolute Gasteiger partial charge is 0.478 e. The number of methoxy groups -OCH3 is 1. The van der Waals surface area contributed by atoms with Gasteiger partial charge in [0.2, 0.25) is 6.29 Å². The van der Waals surface area contributed by atoms with Gasteiger partial charge in [-0.2, -0.15) is 0 Å². The highest BCUT2D eigenvalue weighted by atomic mass is 16.7. The average Bonchev–Trinajstić information content (AvgIpc) is 2.46. The lowest BCUT2D eigenvalue weighted by molar-refractivity contribution is -0.160. The predicted molar refractivity (Wildman–Crippen MR) is 68.4 cm³/mol. The standard InChI is InChI=1S/C14H18O5/c1-17-14(12-4-2-3-9-18-12)19-11-7-5-10(6-8-11)13(15)16/h5-8,12,14H,2-4,9H2,1H3,(H,15,16). The van der Waals surface area contributed by atoms with E-state index in [9.17, 15) is 4.79 Å². The lowest BCUT2D eigenvalue weighted by Gasteiger charge is -2.29. The molecule has 1 aliphatic heterocycles. The number of carbonyl (C=O) groups is 1. The maximum absolute atomic E-state index is 10.8. The Morgan fingerprint density at radius 3 is 2.63 bits per heavy atom. The molecule has 1 aliphatic rings. The molecule has 0 aliphatic carbocycles. The number of hydrogen-bond acceptors (Lipinski definition) is 4. The van der Waals surface area contributed by atoms with E-state index < -0.39 is 12.3 Å². The van der Waals surface area contributed by atoms with Crippen LogP contribution in [-0.2, 0) is 9.47 Å². The summed E-state index contributed by atoms with van der Waals surface area (Å²) >= 11 is 0. The third kappa shape index (κ3) is 3.68. The molecule has 1 saturated heterocycles. The Kier molecular flexibility index (Phi) is 4.76. The number of carboxylic acid groups (broad SMARTS) is 1. The average molecular weight is 266 g/mol. The summed E-state index contributed by atoms with van der Waals surface area (Å²) in [5.41, 5.74) is 0.232. The Labute approximate surface area is 112 Å². The minimum atomic E-state index is -0.953. The predicted octanol–water partition coefficient (Wildman–Crippen LogP) is 2.31. The fourth-order valence-electron chi connectivity index (χ4n) is 2.07. The van der Waals surface area contributed by atoms with Gasteiger partial charge < -0.3 is 19.3 Å². The molecule has 0 saturated carbocycles. The molecule has 2 atom stereocenters. The Morgan fingerprint density at radius 2 is 2.11 bits per heavy atom. The van der Waals surface area contributed by atoms with Gasteiger partial charge in [-0.1, -0.05) is 0 Å². The zero-order chi connectivity index (χ0) is 13.7. The van der Waals surface area contributed by atoms with Gasteiger partial charge >= 0.3 is 5.97 Å². The highest BCUT2D eigenvalue weighted by Gasteiger charge is 2.26. The molecule has 2 unspecified atom stereocenters. The lowest BCUT2D eigenvalue weighted by atomic mass is 10.1. The molecule has 1 heterocycles. The molecule has 0 radical (unpaired) electrons. The van der Waals surface area contributed by atoms with Crippen LogP contribution < -0.4 is 4.74 Å². The zero-order valence-corrected chi connectivity index (χ0v) is 10.9. The van der Waals surface area contributed by atoms with Crippen LogP contribution in [0.25, 0.3) is 0 Å². The van der Waals surface area contributed by atoms with E-state index in [2.05, 4.69) is 0 Å². The van der Waals surface area contributed by atoms with Gasteiger partial charge in [-0.25, -0.2) is 4.79 Å². The second kappa shape index (κ2) is 6.54. The van der Waals surface area contributed by atoms with Crippen molar-refractivity contribution in [2.24, 2.45) is 0 Å². The fourth-order valence-corrected chi connectivity index (χ4v) is 2.07. The third-order valence-corrected chi connectivity index (χ3v) is 3.10. The highest BCUT2D eigenvalue weighted by Crippen LogP contribution is 2.21. The summed E-state index contributed by atoms with van der Waals surface area (Å²) in [6.45, 7) is 0.728. The van der Waals surface area contributed by atoms with E-state index in [0.29, 0.717) is 5.75 Å². The molecule has 1 aromatic rings. The Hall–Kier alpha value is -1.59. The molecule has 5 nitrogen and oxygen atoms in total. The van der Waals surface area contributed by atoms with E-state index >= 15 is 0 Å². The third-order valence-electron chi connectivity index (χ3n) is 3.10. The first-order chi connectivity index (χ1) is 9.20. The number of hydrogen-bond donors (Lipinski definition) is 1. The number of carboxylic acids is 1. The van der Waals surface area contributed by atoms with E-state index in [1.807, 2.05) is 0 Å². The topological polar surface area (TPSA) is 65.0 Å². The van der Waals surface area contributed by atoms with Crippen molar-refractivity contribution in [3.63, 3.8) is 0 Å². The summed E-state index contributed by atoms with van der Waals surface area (Å²) < 4.78 is 16.6. The zero-order valence-electron chi connectivity index (χ0n) is 10.9. The smallest absolute Gasteiger partial charge is 0.335 e. The molecule has 0 amide bonds. The molecule has 104 valence electrons. The Morgan fingerprint density at radius 1 is 1.37 bits per heavy atom. The van der Waals surface area contributed by atoms with Gasteiger partial charge in [-0.15, -0.1) is 0 Å². The first-order valence-corrected chi connectivity index (χ1v) is 6.35. The number of aromatic carboxylic acids is 1. The quantitative estimate of drug-likeness (QED) is 0.828. The van der Waals surface area contributed by atoms with Crippen LogP contribution in [0.4, 0.5) is 0 Å².